The number of aromatic nitrogens is 5. The van der Waals surface area contributed by atoms with E-state index in [1.807, 2.05) is 24.4 Å². The number of fused-ring (bicyclic) bond motifs is 2. The van der Waals surface area contributed by atoms with Crippen LogP contribution in [0.4, 0.5) is 17.3 Å². The number of carbonyl (C=O) groups excluding carboxylic acids is 2. The van der Waals surface area contributed by atoms with E-state index < -0.39 is 0 Å². The van der Waals surface area contributed by atoms with E-state index in [2.05, 4.69) is 25.5 Å². The second kappa shape index (κ2) is 9.62. The Kier molecular flexibility index (Phi) is 6.01. The molecule has 6 rings (SSSR count). The summed E-state index contributed by atoms with van der Waals surface area (Å²) in [5, 5.41) is 12.3. The lowest BCUT2D eigenvalue weighted by molar-refractivity contribution is -0.144. The summed E-state index contributed by atoms with van der Waals surface area (Å²) >= 11 is 0. The van der Waals surface area contributed by atoms with Crippen molar-refractivity contribution in [2.45, 2.75) is 18.9 Å². The lowest BCUT2D eigenvalue weighted by Gasteiger charge is -2.32. The number of hydrogen-bond donors (Lipinski definition) is 2. The maximum Gasteiger partial charge on any atom is 0.293 e. The van der Waals surface area contributed by atoms with Gasteiger partial charge >= 0.3 is 0 Å². The van der Waals surface area contributed by atoms with E-state index >= 15 is 0 Å². The van der Waals surface area contributed by atoms with Crippen molar-refractivity contribution in [1.29, 1.82) is 0 Å². The number of amides is 1. The fourth-order valence-electron chi connectivity index (χ4n) is 4.77. The number of nitrogens with one attached hydrogen (secondary N) is 2. The molecule has 12 heteroatoms. The minimum Gasteiger partial charge on any atom is -0.465 e. The molecule has 1 saturated carbocycles. The number of rotatable bonds is 7. The zero-order chi connectivity index (χ0) is 25.4. The van der Waals surface area contributed by atoms with Crippen molar-refractivity contribution in [1.82, 2.24) is 24.6 Å². The van der Waals surface area contributed by atoms with Gasteiger partial charge in [0, 0.05) is 54.8 Å². The van der Waals surface area contributed by atoms with Gasteiger partial charge in [-0.25, -0.2) is 19.5 Å². The average molecular weight is 503 g/mol. The van der Waals surface area contributed by atoms with Gasteiger partial charge in [-0.05, 0) is 31.0 Å². The predicted octanol–water partition coefficient (Wildman–Crippen LogP) is 2.11. The molecule has 4 aromatic rings. The van der Waals surface area contributed by atoms with Crippen LogP contribution in [0.5, 0.6) is 0 Å². The molecule has 0 radical (unpaired) electrons. The van der Waals surface area contributed by atoms with Crippen LogP contribution in [0.1, 0.15) is 12.8 Å². The van der Waals surface area contributed by atoms with Gasteiger partial charge in [0.05, 0.1) is 25.1 Å². The maximum atomic E-state index is 12.7. The largest absolute Gasteiger partial charge is 0.465 e. The fraction of sp³-hybridized carbons (Fsp3) is 0.360. The van der Waals surface area contributed by atoms with Crippen molar-refractivity contribution < 1.29 is 19.1 Å². The molecule has 1 aliphatic carbocycles. The van der Waals surface area contributed by atoms with Crippen molar-refractivity contribution in [3.05, 3.63) is 36.8 Å². The summed E-state index contributed by atoms with van der Waals surface area (Å²) in [6.07, 6.45) is 6.20. The number of ether oxygens (including phenoxy) is 2. The molecule has 1 aliphatic heterocycles. The van der Waals surface area contributed by atoms with Crippen LogP contribution in [0.2, 0.25) is 0 Å². The third-order valence-corrected chi connectivity index (χ3v) is 6.91. The highest BCUT2D eigenvalue weighted by Gasteiger charge is 2.36. The second-order valence-electron chi connectivity index (χ2n) is 9.12. The van der Waals surface area contributed by atoms with Crippen molar-refractivity contribution in [3.63, 3.8) is 0 Å². The number of anilines is 3. The summed E-state index contributed by atoms with van der Waals surface area (Å²) in [4.78, 5) is 39.1. The van der Waals surface area contributed by atoms with Crippen molar-refractivity contribution >= 4 is 46.1 Å². The third-order valence-electron chi connectivity index (χ3n) is 6.91. The minimum absolute atomic E-state index is 0.149. The van der Waals surface area contributed by atoms with Crippen LogP contribution >= 0.6 is 0 Å². The lowest BCUT2D eigenvalue weighted by Crippen LogP contribution is -2.39. The first-order valence-corrected chi connectivity index (χ1v) is 12.2. The van der Waals surface area contributed by atoms with E-state index in [4.69, 9.17) is 19.6 Å². The van der Waals surface area contributed by atoms with Gasteiger partial charge in [-0.2, -0.15) is 0 Å². The Hall–Kier alpha value is -4.32. The van der Waals surface area contributed by atoms with E-state index in [-0.39, 0.29) is 17.9 Å². The van der Waals surface area contributed by atoms with Gasteiger partial charge in [0.25, 0.3) is 6.47 Å². The van der Waals surface area contributed by atoms with Gasteiger partial charge in [0.1, 0.15) is 17.7 Å². The van der Waals surface area contributed by atoms with Crippen molar-refractivity contribution in [3.8, 4) is 11.4 Å². The first-order valence-electron chi connectivity index (χ1n) is 12.2. The highest BCUT2D eigenvalue weighted by atomic mass is 16.5. The number of nitrogens with zero attached hydrogens (tertiary/aromatic N) is 6. The first kappa shape index (κ1) is 23.1. The van der Waals surface area contributed by atoms with Crippen molar-refractivity contribution in [2.24, 2.45) is 5.92 Å². The molecular weight excluding hydrogens is 476 g/mol. The molecular formula is C25H26N8O4. The fourth-order valence-corrected chi connectivity index (χ4v) is 4.77. The predicted molar refractivity (Wildman–Crippen MR) is 136 cm³/mol. The van der Waals surface area contributed by atoms with Crippen LogP contribution in [0.25, 0.3) is 27.8 Å². The van der Waals surface area contributed by atoms with Gasteiger partial charge in [-0.15, -0.1) is 5.10 Å². The van der Waals surface area contributed by atoms with Crippen LogP contribution in [0.15, 0.2) is 36.8 Å². The Labute approximate surface area is 212 Å². The Morgan fingerprint density at radius 3 is 2.78 bits per heavy atom. The maximum absolute atomic E-state index is 12.7. The highest BCUT2D eigenvalue weighted by molar-refractivity contribution is 6.03. The van der Waals surface area contributed by atoms with E-state index in [0.717, 1.165) is 40.8 Å². The number of morpholine rings is 1. The lowest BCUT2D eigenvalue weighted by atomic mass is 9.81. The molecule has 0 bridgehead atoms. The van der Waals surface area contributed by atoms with Crippen LogP contribution in [-0.2, 0) is 19.1 Å². The van der Waals surface area contributed by atoms with Crippen LogP contribution in [0.3, 0.4) is 0 Å². The third kappa shape index (κ3) is 4.40. The van der Waals surface area contributed by atoms with Gasteiger partial charge in [-0.3, -0.25) is 9.59 Å². The van der Waals surface area contributed by atoms with E-state index in [0.29, 0.717) is 50.0 Å². The van der Waals surface area contributed by atoms with Crippen molar-refractivity contribution in [2.75, 3.05) is 48.9 Å². The molecule has 0 aromatic carbocycles. The van der Waals surface area contributed by atoms with E-state index in [1.54, 1.807) is 24.0 Å². The molecule has 0 spiro atoms. The second-order valence-corrected chi connectivity index (χ2v) is 9.12. The molecule has 2 N–H and O–H groups in total. The summed E-state index contributed by atoms with van der Waals surface area (Å²) in [7, 11) is 1.79. The van der Waals surface area contributed by atoms with Crippen LogP contribution < -0.4 is 15.5 Å². The molecule has 12 nitrogen and oxygen atoms in total. The molecule has 1 amide bonds. The summed E-state index contributed by atoms with van der Waals surface area (Å²) in [5.41, 5.74) is 2.51. The molecule has 0 atom stereocenters. The SMILES string of the molecule is CNc1ncc(-c2nc3ccc(N4CCOCC4)cn3n2)c2cc(NC(=O)C3CC(OC=O)C3)ncc12. The quantitative estimate of drug-likeness (QED) is 0.362. The standard InChI is InChI=1S/C25H26N8O4/c1-26-23-19-11-27-21(29-25(35)15-8-17(9-15)37-14-34)10-18(19)20(12-28-23)24-30-22-3-2-16(13-33(22)31-24)32-4-6-36-7-5-32/h2-3,10-15,17H,4-9H2,1H3,(H,26,28)(H,27,29,35). The topological polar surface area (TPSA) is 136 Å². The molecule has 37 heavy (non-hydrogen) atoms. The van der Waals surface area contributed by atoms with E-state index in [9.17, 15) is 9.59 Å². The Balaban J connectivity index is 1.32. The summed E-state index contributed by atoms with van der Waals surface area (Å²) in [5.74, 6) is 1.24. The smallest absolute Gasteiger partial charge is 0.293 e. The summed E-state index contributed by atoms with van der Waals surface area (Å²) in [6.45, 7) is 3.50. The average Bonchev–Trinajstić information content (AvgIpc) is 3.33. The minimum atomic E-state index is -0.215. The zero-order valence-electron chi connectivity index (χ0n) is 20.3. The Bertz CT molecular complexity index is 1480. The van der Waals surface area contributed by atoms with Crippen LogP contribution in [-0.4, -0.2) is 76.4 Å². The molecule has 4 aromatic heterocycles. The van der Waals surface area contributed by atoms with Gasteiger partial charge in [0.2, 0.25) is 5.91 Å². The monoisotopic (exact) mass is 502 g/mol. The highest BCUT2D eigenvalue weighted by Crippen LogP contribution is 2.33. The van der Waals surface area contributed by atoms with Gasteiger partial charge in [0.15, 0.2) is 11.5 Å². The van der Waals surface area contributed by atoms with Gasteiger partial charge in [-0.1, -0.05) is 0 Å². The Morgan fingerprint density at radius 2 is 2.00 bits per heavy atom. The van der Waals surface area contributed by atoms with E-state index in [1.165, 1.54) is 0 Å². The normalized spacial score (nSPS) is 19.4. The van der Waals surface area contributed by atoms with Crippen LogP contribution in [0, 0.1) is 5.92 Å². The number of pyridine rings is 3. The zero-order valence-corrected chi connectivity index (χ0v) is 20.3. The number of hydrogen-bond acceptors (Lipinski definition) is 10. The summed E-state index contributed by atoms with van der Waals surface area (Å²) in [6, 6.07) is 5.81. The number of carbonyl (C=O) groups is 2. The molecule has 5 heterocycles. The molecule has 1 saturated heterocycles. The molecule has 2 fully saturated rings. The Morgan fingerprint density at radius 1 is 1.16 bits per heavy atom. The molecule has 2 aliphatic rings. The first-order chi connectivity index (χ1) is 18.1. The molecule has 0 unspecified atom stereocenters. The summed E-state index contributed by atoms with van der Waals surface area (Å²) < 4.78 is 12.1. The van der Waals surface area contributed by atoms with Gasteiger partial charge < -0.3 is 25.0 Å². The molecule has 190 valence electrons.